The average Bonchev–Trinajstić information content (AvgIpc) is 0.757. The fraction of sp³-hybridized carbons (Fsp3) is 0.388. The zero-order valence-corrected chi connectivity index (χ0v) is 77.4. The molecule has 0 radical (unpaired) electrons. The van der Waals surface area contributed by atoms with Crippen molar-refractivity contribution in [2.75, 3.05) is 85.9 Å². The maximum atomic E-state index is 14.2. The molecule has 2 saturated heterocycles. The van der Waals surface area contributed by atoms with Gasteiger partial charge in [0.15, 0.2) is 0 Å². The molecular formula is C98H114N14O20P2. The molecule has 7 unspecified atom stereocenters. The topological polar surface area (TPSA) is 408 Å². The van der Waals surface area contributed by atoms with Crippen LogP contribution in [-0.2, 0) is 63.2 Å². The first-order valence-electron chi connectivity index (χ1n) is 44.8. The van der Waals surface area contributed by atoms with E-state index >= 15 is 0 Å². The van der Waals surface area contributed by atoms with Gasteiger partial charge in [-0.2, -0.15) is 0 Å². The average molecular weight is 1870 g/mol. The van der Waals surface area contributed by atoms with Gasteiger partial charge in [-0.25, -0.2) is 4.79 Å². The van der Waals surface area contributed by atoms with Gasteiger partial charge >= 0.3 is 502 Å². The Kier molecular flexibility index (Phi) is 32.9. The number of carbonyl (C=O) groups excluding carboxylic acids is 2. The van der Waals surface area contributed by atoms with Crippen molar-refractivity contribution in [2.45, 2.75) is 164 Å². The zero-order chi connectivity index (χ0) is 94.0. The third-order valence-electron chi connectivity index (χ3n) is 24.1. The van der Waals surface area contributed by atoms with Gasteiger partial charge in [0.2, 0.25) is 6.41 Å². The number of imidazole rings is 1. The van der Waals surface area contributed by atoms with E-state index in [1.54, 1.807) is 33.4 Å². The molecule has 3 aliphatic heterocycles. The Labute approximate surface area is 779 Å². The zero-order valence-electron chi connectivity index (χ0n) is 75.5. The van der Waals surface area contributed by atoms with Gasteiger partial charge in [0.1, 0.15) is 12.8 Å². The Balaban J connectivity index is 0.642. The van der Waals surface area contributed by atoms with Crippen LogP contribution in [0.3, 0.4) is 0 Å². The molecule has 5 aliphatic rings. The summed E-state index contributed by atoms with van der Waals surface area (Å²) >= 11 is 0. The molecule has 2 fully saturated rings. The molecule has 2 aromatic heterocycles. The normalized spacial score (nSPS) is 19.2. The molecule has 0 saturated carbocycles. The van der Waals surface area contributed by atoms with Crippen LogP contribution in [0.1, 0.15) is 141 Å². The van der Waals surface area contributed by atoms with Crippen molar-refractivity contribution in [1.29, 1.82) is 5.26 Å². The van der Waals surface area contributed by atoms with Crippen LogP contribution >= 0.6 is 16.7 Å². The number of aromatic amines is 1. The Morgan fingerprint density at radius 2 is 1.31 bits per heavy atom. The van der Waals surface area contributed by atoms with E-state index in [1.165, 1.54) is 33.0 Å². The first-order chi connectivity index (χ1) is 65.0. The molecule has 706 valence electrons. The Morgan fingerprint density at radius 3 is 1.90 bits per heavy atom. The second-order valence-electron chi connectivity index (χ2n) is 33.5. The van der Waals surface area contributed by atoms with E-state index in [1.807, 2.05) is 184 Å². The Morgan fingerprint density at radius 1 is 0.724 bits per heavy atom. The van der Waals surface area contributed by atoms with Gasteiger partial charge in [-0.15, -0.1) is 0 Å². The molecule has 2 amide bonds. The van der Waals surface area contributed by atoms with E-state index in [-0.39, 0.29) is 145 Å². The second kappa shape index (κ2) is 45.3. The fourth-order valence-corrected chi connectivity index (χ4v) is 20.9. The van der Waals surface area contributed by atoms with Gasteiger partial charge in [-0.3, -0.25) is 10.6 Å². The van der Waals surface area contributed by atoms with Crippen molar-refractivity contribution in [3.63, 3.8) is 0 Å². The van der Waals surface area contributed by atoms with Gasteiger partial charge in [0, 0.05) is 32.0 Å². The minimum atomic E-state index is -5.17. The van der Waals surface area contributed by atoms with E-state index in [9.17, 15) is 45.0 Å². The van der Waals surface area contributed by atoms with Crippen LogP contribution in [0.5, 0.6) is 11.5 Å². The summed E-state index contributed by atoms with van der Waals surface area (Å²) in [6, 6.07) is 66.0. The van der Waals surface area contributed by atoms with Crippen LogP contribution in [0, 0.1) is 17.9 Å². The monoisotopic (exact) mass is 1870 g/mol. The number of methoxy groups -OCH3 is 2. The number of aliphatic hydroxyl groups excluding tert-OH is 4. The Hall–Kier alpha value is -11.4. The summed E-state index contributed by atoms with van der Waals surface area (Å²) in [7, 11) is -2.39. The predicted octanol–water partition coefficient (Wildman–Crippen LogP) is 12.8. The summed E-state index contributed by atoms with van der Waals surface area (Å²) in [5, 5.41) is 67.0. The van der Waals surface area contributed by atoms with Crippen molar-refractivity contribution in [1.82, 2.24) is 49.9 Å². The van der Waals surface area contributed by atoms with E-state index < -0.39 is 109 Å². The van der Waals surface area contributed by atoms with Crippen molar-refractivity contribution < 1.29 is 90.7 Å². The molecule has 15 rings (SSSR count). The number of hydrogen-bond acceptors (Lipinski definition) is 29. The molecule has 0 bridgehead atoms. The molecule has 36 heteroatoms. The number of amidine groups is 1. The first-order valence-corrected chi connectivity index (χ1v) is 47.6. The summed E-state index contributed by atoms with van der Waals surface area (Å²) < 4.78 is 81.4. The number of carbonyl (C=O) groups is 2. The van der Waals surface area contributed by atoms with E-state index in [0.717, 1.165) is 50.1 Å². The van der Waals surface area contributed by atoms with Gasteiger partial charge < -0.3 is 24.6 Å². The summed E-state index contributed by atoms with van der Waals surface area (Å²) in [4.78, 5) is 77.1. The van der Waals surface area contributed by atoms with E-state index in [0.29, 0.717) is 33.8 Å². The summed E-state index contributed by atoms with van der Waals surface area (Å²) in [5.41, 5.74) is 10.2. The molecule has 0 spiro atoms. The number of ether oxygens (including phenoxy) is 7. The molecule has 11 atom stereocenters. The number of aliphatic hydroxyl groups is 4. The molecule has 34 nitrogen and oxygen atoms in total. The number of anilines is 1. The Bertz CT molecular complexity index is 5690. The molecule has 8 aromatic carbocycles. The van der Waals surface area contributed by atoms with E-state index in [2.05, 4.69) is 83.5 Å². The standard InChI is InChI=1S/C98H114N14O20P2/c1-62(2)112(63(3)4)133(126-52-21-47-99)131-81-54-88(110-51-46-85(105-95(110)117)104-86(113)32-20-50-109(6)97(119)124-58-80-77-30-18-14-26-73(77)74-27-15-19-31-78(74)80)130-84(81)60-128-134(120,127-53-49-100-5)132-82-55-89(129-83(82)59-125-98(66-22-10-9-11-23-66,67-37-41-69(121-7)42-38-67)68-39-43-70(122-8)44-40-68)111-61-103-90-91(111)107-94(108-93(90)116)106-87(114)45-48-101-92(115)65-35-33-64(34-36-65)56-102-96(118)123-57-79-75-28-16-12-24-71(75)72-25-13-17-29-76(72)79/h9-19,22-31,33-44,46,51,61-63,79-84,87-89,92,95-96,101-102,114-115,117-118,120,134H,20-21,32,45,48-50,52-60H2,1-4,6-8H3,(H,104,105,113)(H2,106,107,108,116)/t81?,82?,83-,84-,87?,88-,89-,92?,95?,96?,133?/m1/s1. The number of amides is 2. The van der Waals surface area contributed by atoms with Crippen molar-refractivity contribution in [2.24, 2.45) is 4.99 Å². The fourth-order valence-electron chi connectivity index (χ4n) is 17.6. The van der Waals surface area contributed by atoms with Crippen LogP contribution < -0.4 is 36.3 Å². The van der Waals surface area contributed by atoms with Gasteiger partial charge in [-0.1, -0.05) is 121 Å². The minimum absolute atomic E-state index is 0.000885. The quantitative estimate of drug-likeness (QED) is 0.00557. The number of aromatic nitrogens is 4. The summed E-state index contributed by atoms with van der Waals surface area (Å²) in [5.74, 6) is 0.506. The number of rotatable bonds is 45. The van der Waals surface area contributed by atoms with Gasteiger partial charge in [-0.05, 0) is 62.1 Å². The molecule has 10 aromatic rings. The first kappa shape index (κ1) is 97.2. The predicted molar refractivity (Wildman–Crippen MR) is 503 cm³/mol. The van der Waals surface area contributed by atoms with Gasteiger partial charge in [0.05, 0.1) is 6.61 Å². The molecule has 134 heavy (non-hydrogen) atoms. The second-order valence-corrected chi connectivity index (χ2v) is 36.8. The molecule has 5 heterocycles. The van der Waals surface area contributed by atoms with Crippen LogP contribution in [0.4, 0.5) is 10.7 Å². The third kappa shape index (κ3) is 23.1. The molecule has 2 aliphatic carbocycles. The number of fused-ring (bicyclic) bond motifs is 7. The molecule has 10 N–H and O–H groups in total. The van der Waals surface area contributed by atoms with Crippen molar-refractivity contribution in [3.8, 4) is 39.8 Å². The van der Waals surface area contributed by atoms with Crippen LogP contribution in [0.2, 0.25) is 0 Å². The number of benzene rings is 8. The molecular weight excluding hydrogens is 1760 g/mol. The third-order valence-corrected chi connectivity index (χ3v) is 28.0. The summed E-state index contributed by atoms with van der Waals surface area (Å²) in [6.07, 6.45) is -7.84. The number of H-pyrrole nitrogens is 1. The number of hydrogen-bond donors (Lipinski definition) is 10. The van der Waals surface area contributed by atoms with Crippen LogP contribution in [0.25, 0.3) is 38.3 Å². The van der Waals surface area contributed by atoms with Crippen molar-refractivity contribution in [3.05, 3.63) is 291 Å². The number of nitrogens with one attached hydrogen (secondary N) is 5. The SMILES string of the molecule is [C-]#[N+]CCO[PH](O)(OC[C@H]1O[C@@H](N2C=CC(NC(=O)CCCN(C)C(=O)OCC3c4ccccc4-c4ccccc43)=NC2O)CC1OP(OCCC#N)N(C(C)C)C(C)C)OC1C[C@H](n2cnc3c(=O)[nH]c(NC(O)CCNC(O)c4ccc(CNC(O)OCC5c6ccccc6-c6ccccc65)cc4)nc32)O[C@@H]1COC(c1ccccc1)(c1ccc(OC)cc1)c1ccc(OC)cc1. The van der Waals surface area contributed by atoms with E-state index in [4.69, 9.17) is 67.3 Å². The maximum absolute atomic E-state index is 14.2. The van der Waals surface area contributed by atoms with Crippen molar-refractivity contribution >= 4 is 51.6 Å². The number of nitrogens with zero attached hydrogens (tertiary/aromatic N) is 9. The van der Waals surface area contributed by atoms with Crippen LogP contribution in [0.15, 0.2) is 229 Å². The van der Waals surface area contributed by atoms with Crippen LogP contribution in [-0.4, -0.2) is 219 Å². The number of aliphatic imine (C=N–C) groups is 1. The van der Waals surface area contributed by atoms with Gasteiger partial charge in [0.25, 0.3) is 0 Å². The summed E-state index contributed by atoms with van der Waals surface area (Å²) in [6.45, 7) is 15.4. The number of nitriles is 1.